The summed E-state index contributed by atoms with van der Waals surface area (Å²) < 4.78 is 0. The molecule has 0 fully saturated rings. The minimum Gasteiger partial charge on any atom is -0.325 e. The lowest BCUT2D eigenvalue weighted by molar-refractivity contribution is -0.121. The third-order valence-corrected chi connectivity index (χ3v) is 8.12. The number of amides is 1. The minimum atomic E-state index is -0.247. The van der Waals surface area contributed by atoms with Crippen LogP contribution in [0.3, 0.4) is 0 Å². The molecule has 3 heterocycles. The molecule has 1 N–H and O–H groups in total. The van der Waals surface area contributed by atoms with Crippen molar-refractivity contribution < 1.29 is 4.79 Å². The Hall–Kier alpha value is -1.65. The lowest BCUT2D eigenvalue weighted by Gasteiger charge is -2.33. The van der Waals surface area contributed by atoms with Crippen LogP contribution in [0.2, 0.25) is 0 Å². The van der Waals surface area contributed by atoms with Gasteiger partial charge in [-0.15, -0.1) is 11.3 Å². The molecule has 1 aromatic carbocycles. The molecular formula is C23H28N2OS. The molecule has 5 rings (SSSR count). The summed E-state index contributed by atoms with van der Waals surface area (Å²) >= 11 is 1.93. The van der Waals surface area contributed by atoms with E-state index in [1.54, 1.807) is 10.4 Å². The number of carbonyl (C=O) groups excluding carboxylic acids is 1. The second kappa shape index (κ2) is 6.75. The zero-order valence-electron chi connectivity index (χ0n) is 16.1. The molecule has 0 radical (unpaired) electrons. The predicted molar refractivity (Wildman–Crippen MR) is 112 cm³/mol. The first-order valence-electron chi connectivity index (χ1n) is 10.4. The van der Waals surface area contributed by atoms with Gasteiger partial charge in [-0.1, -0.05) is 18.6 Å². The van der Waals surface area contributed by atoms with Crippen LogP contribution in [0.1, 0.15) is 59.2 Å². The van der Waals surface area contributed by atoms with Crippen molar-refractivity contribution in [2.24, 2.45) is 0 Å². The van der Waals surface area contributed by atoms with Gasteiger partial charge in [0.15, 0.2) is 0 Å². The van der Waals surface area contributed by atoms with Crippen LogP contribution in [0.5, 0.6) is 0 Å². The number of fused-ring (bicyclic) bond motifs is 1. The minimum absolute atomic E-state index is 0.247. The highest BCUT2D eigenvalue weighted by atomic mass is 32.1. The molecular weight excluding hydrogens is 352 g/mol. The molecule has 0 saturated carbocycles. The monoisotopic (exact) mass is 380 g/mol. The number of thiophene rings is 1. The van der Waals surface area contributed by atoms with Crippen molar-refractivity contribution in [2.45, 2.75) is 63.8 Å². The molecule has 1 aliphatic carbocycles. The lowest BCUT2D eigenvalue weighted by atomic mass is 9.68. The number of rotatable bonds is 5. The number of nitrogens with zero attached hydrogens (tertiary/aromatic N) is 1. The van der Waals surface area contributed by atoms with Crippen LogP contribution in [0.25, 0.3) is 0 Å². The number of aryl methyl sites for hydroxylation is 2. The van der Waals surface area contributed by atoms with Gasteiger partial charge in [-0.3, -0.25) is 9.69 Å². The van der Waals surface area contributed by atoms with Crippen molar-refractivity contribution in [3.63, 3.8) is 0 Å². The average Bonchev–Trinajstić information content (AvgIpc) is 3.19. The Kier molecular flexibility index (Phi) is 4.36. The first kappa shape index (κ1) is 17.4. The highest BCUT2D eigenvalue weighted by molar-refractivity contribution is 7.10. The fraction of sp³-hybridized carbons (Fsp3) is 0.522. The second-order valence-corrected chi connectivity index (χ2v) is 9.50. The van der Waals surface area contributed by atoms with Gasteiger partial charge in [-0.05, 0) is 85.7 Å². The Balaban J connectivity index is 1.23. The van der Waals surface area contributed by atoms with E-state index in [2.05, 4.69) is 40.7 Å². The first-order valence-corrected chi connectivity index (χ1v) is 11.3. The third kappa shape index (κ3) is 2.85. The fourth-order valence-corrected chi connectivity index (χ4v) is 6.51. The van der Waals surface area contributed by atoms with E-state index in [1.807, 2.05) is 11.3 Å². The van der Waals surface area contributed by atoms with Crippen molar-refractivity contribution in [1.29, 1.82) is 0 Å². The number of hydrogen-bond acceptors (Lipinski definition) is 3. The van der Waals surface area contributed by atoms with E-state index in [9.17, 15) is 4.79 Å². The summed E-state index contributed by atoms with van der Waals surface area (Å²) in [5.41, 5.74) is 6.60. The Morgan fingerprint density at radius 2 is 2.19 bits per heavy atom. The van der Waals surface area contributed by atoms with Crippen LogP contribution >= 0.6 is 11.3 Å². The summed E-state index contributed by atoms with van der Waals surface area (Å²) in [6.07, 6.45) is 7.80. The van der Waals surface area contributed by atoms with Crippen molar-refractivity contribution in [2.75, 3.05) is 18.4 Å². The maximum Gasteiger partial charge on any atom is 0.235 e. The lowest BCUT2D eigenvalue weighted by Crippen LogP contribution is -2.37. The summed E-state index contributed by atoms with van der Waals surface area (Å²) in [5.74, 6) is 0.251. The standard InChI is InChI=1S/C23H28N2OS/c1-16-15-27-20-9-13-25(14-18(16)20)12-3-2-10-23-11-5-7-17-6-4-8-19(21(17)23)24-22(23)26/h4,6,8,15H,2-3,5,7,9-14H2,1H3,(H,24,26)/t23-/m1/s1. The van der Waals surface area contributed by atoms with E-state index >= 15 is 0 Å². The van der Waals surface area contributed by atoms with Gasteiger partial charge in [0.25, 0.3) is 0 Å². The highest BCUT2D eigenvalue weighted by Crippen LogP contribution is 2.49. The second-order valence-electron chi connectivity index (χ2n) is 8.53. The van der Waals surface area contributed by atoms with E-state index < -0.39 is 0 Å². The predicted octanol–water partition coefficient (Wildman–Crippen LogP) is 4.81. The fourth-order valence-electron chi connectivity index (χ4n) is 5.48. The molecule has 0 unspecified atom stereocenters. The summed E-state index contributed by atoms with van der Waals surface area (Å²) in [6, 6.07) is 6.40. The van der Waals surface area contributed by atoms with Crippen LogP contribution in [-0.4, -0.2) is 23.9 Å². The molecule has 27 heavy (non-hydrogen) atoms. The van der Waals surface area contributed by atoms with E-state index in [1.165, 1.54) is 36.1 Å². The molecule has 2 aliphatic heterocycles. The number of hydrogen-bond donors (Lipinski definition) is 1. The third-order valence-electron chi connectivity index (χ3n) is 6.92. The van der Waals surface area contributed by atoms with Gasteiger partial charge in [0.2, 0.25) is 5.91 Å². The molecule has 1 amide bonds. The molecule has 1 aromatic heterocycles. The van der Waals surface area contributed by atoms with Crippen LogP contribution in [0, 0.1) is 6.92 Å². The van der Waals surface area contributed by atoms with Gasteiger partial charge in [0.1, 0.15) is 0 Å². The SMILES string of the molecule is Cc1csc2c1CN(CCCC[C@@]13CCCc4cccc(c41)NC3=O)CC2. The summed E-state index contributed by atoms with van der Waals surface area (Å²) in [6.45, 7) is 5.70. The smallest absolute Gasteiger partial charge is 0.235 e. The van der Waals surface area contributed by atoms with Crippen LogP contribution in [-0.2, 0) is 29.6 Å². The normalized spacial score (nSPS) is 23.8. The van der Waals surface area contributed by atoms with Gasteiger partial charge in [0.05, 0.1) is 5.41 Å². The Labute approximate surface area is 165 Å². The first-order chi connectivity index (χ1) is 13.2. The van der Waals surface area contributed by atoms with Crippen LogP contribution < -0.4 is 5.32 Å². The van der Waals surface area contributed by atoms with E-state index in [4.69, 9.17) is 0 Å². The molecule has 0 saturated heterocycles. The number of carbonyl (C=O) groups is 1. The van der Waals surface area contributed by atoms with Gasteiger partial charge in [0, 0.05) is 23.7 Å². The Bertz CT molecular complexity index is 886. The van der Waals surface area contributed by atoms with Gasteiger partial charge in [-0.25, -0.2) is 0 Å². The average molecular weight is 381 g/mol. The highest BCUT2D eigenvalue weighted by Gasteiger charge is 2.48. The topological polar surface area (TPSA) is 32.3 Å². The number of benzene rings is 1. The van der Waals surface area contributed by atoms with E-state index in [-0.39, 0.29) is 11.3 Å². The maximum atomic E-state index is 12.9. The Morgan fingerprint density at radius 1 is 1.26 bits per heavy atom. The van der Waals surface area contributed by atoms with Crippen molar-refractivity contribution in [1.82, 2.24) is 4.90 Å². The van der Waals surface area contributed by atoms with Crippen molar-refractivity contribution in [3.8, 4) is 0 Å². The van der Waals surface area contributed by atoms with Crippen molar-refractivity contribution >= 4 is 22.9 Å². The number of unbranched alkanes of at least 4 members (excludes halogenated alkanes) is 1. The zero-order valence-corrected chi connectivity index (χ0v) is 17.0. The molecule has 1 atom stereocenters. The molecule has 142 valence electrons. The summed E-state index contributed by atoms with van der Waals surface area (Å²) in [5, 5.41) is 5.49. The molecule has 0 bridgehead atoms. The quantitative estimate of drug-likeness (QED) is 0.755. The molecule has 0 spiro atoms. The zero-order chi connectivity index (χ0) is 18.4. The Morgan fingerprint density at radius 3 is 3.11 bits per heavy atom. The molecule has 3 aliphatic rings. The maximum absolute atomic E-state index is 12.9. The largest absolute Gasteiger partial charge is 0.325 e. The number of nitrogens with one attached hydrogen (secondary N) is 1. The van der Waals surface area contributed by atoms with Crippen LogP contribution in [0.15, 0.2) is 23.6 Å². The van der Waals surface area contributed by atoms with E-state index in [0.29, 0.717) is 0 Å². The van der Waals surface area contributed by atoms with Gasteiger partial charge in [-0.2, -0.15) is 0 Å². The summed E-state index contributed by atoms with van der Waals surface area (Å²) in [4.78, 5) is 17.1. The van der Waals surface area contributed by atoms with Gasteiger partial charge < -0.3 is 5.32 Å². The van der Waals surface area contributed by atoms with Crippen LogP contribution in [0.4, 0.5) is 5.69 Å². The van der Waals surface area contributed by atoms with E-state index in [0.717, 1.165) is 50.9 Å². The van der Waals surface area contributed by atoms with Gasteiger partial charge >= 0.3 is 0 Å². The molecule has 2 aromatic rings. The van der Waals surface area contributed by atoms with Crippen molar-refractivity contribution in [3.05, 3.63) is 50.7 Å². The molecule has 4 heteroatoms. The number of anilines is 1. The molecule has 3 nitrogen and oxygen atoms in total. The summed E-state index contributed by atoms with van der Waals surface area (Å²) in [7, 11) is 0.